The van der Waals surface area contributed by atoms with Gasteiger partial charge in [0.1, 0.15) is 0 Å². The Morgan fingerprint density at radius 1 is 1.06 bits per heavy atom. The number of hydrogen-bond donors (Lipinski definition) is 0. The Hall–Kier alpha value is -1.67. The minimum absolute atomic E-state index is 0.960. The molecule has 1 nitrogen and oxygen atoms in total. The van der Waals surface area contributed by atoms with Gasteiger partial charge < -0.3 is 0 Å². The van der Waals surface area contributed by atoms with E-state index in [1.54, 1.807) is 0 Å². The molecule has 0 spiro atoms. The summed E-state index contributed by atoms with van der Waals surface area (Å²) in [4.78, 5) is 4.81. The lowest BCUT2D eigenvalue weighted by molar-refractivity contribution is 1.28. The maximum absolute atomic E-state index is 4.81. The Balaban J connectivity index is 2.18. The molecule has 2 aliphatic rings. The van der Waals surface area contributed by atoms with Gasteiger partial charge in [-0.05, 0) is 23.5 Å². The highest BCUT2D eigenvalue weighted by molar-refractivity contribution is 9.11. The summed E-state index contributed by atoms with van der Waals surface area (Å²) in [6, 6.07) is 12.8. The molecule has 0 radical (unpaired) electrons. The van der Waals surface area contributed by atoms with Crippen LogP contribution >= 0.6 is 15.9 Å². The van der Waals surface area contributed by atoms with E-state index in [9.17, 15) is 0 Å². The molecule has 4 rings (SSSR count). The van der Waals surface area contributed by atoms with Gasteiger partial charge in [-0.3, -0.25) is 0 Å². The zero-order valence-electron chi connectivity index (χ0n) is 9.65. The first-order valence-corrected chi connectivity index (χ1v) is 6.80. The normalized spacial score (nSPS) is 16.8. The van der Waals surface area contributed by atoms with Crippen LogP contribution < -0.4 is 10.6 Å². The predicted octanol–water partition coefficient (Wildman–Crippen LogP) is 3.19. The Morgan fingerprint density at radius 3 is 2.89 bits per heavy atom. The van der Waals surface area contributed by atoms with Crippen molar-refractivity contribution in [1.82, 2.24) is 0 Å². The predicted molar refractivity (Wildman–Crippen MR) is 77.8 cm³/mol. The molecule has 0 bridgehead atoms. The highest BCUT2D eigenvalue weighted by atomic mass is 79.9. The first-order chi connectivity index (χ1) is 8.83. The van der Waals surface area contributed by atoms with Crippen LogP contribution in [0, 0.1) is 0 Å². The fraction of sp³-hybridized carbons (Fsp3) is 0.0625. The van der Waals surface area contributed by atoms with Crippen LogP contribution in [0.5, 0.6) is 0 Å². The van der Waals surface area contributed by atoms with E-state index >= 15 is 0 Å². The number of fused-ring (bicyclic) bond motifs is 4. The molecule has 2 aromatic carbocycles. The molecule has 0 atom stereocenters. The lowest BCUT2D eigenvalue weighted by atomic mass is 10.0. The van der Waals surface area contributed by atoms with Gasteiger partial charge in [0.2, 0.25) is 0 Å². The summed E-state index contributed by atoms with van der Waals surface area (Å²) in [6.45, 7) is 0. The lowest BCUT2D eigenvalue weighted by Gasteiger charge is -2.06. The van der Waals surface area contributed by atoms with Crippen LogP contribution in [-0.4, -0.2) is 0 Å². The molecule has 1 heterocycles. The Kier molecular flexibility index (Phi) is 2.09. The number of hydrogen-bond acceptors (Lipinski definition) is 1. The number of benzene rings is 2. The molecule has 0 amide bonds. The molecule has 0 unspecified atom stereocenters. The van der Waals surface area contributed by atoms with Crippen molar-refractivity contribution in [2.75, 3.05) is 0 Å². The Bertz CT molecular complexity index is 856. The van der Waals surface area contributed by atoms with Gasteiger partial charge in [0.25, 0.3) is 0 Å². The third-order valence-electron chi connectivity index (χ3n) is 3.54. The summed E-state index contributed by atoms with van der Waals surface area (Å²) < 4.78 is 1.13. The van der Waals surface area contributed by atoms with Gasteiger partial charge in [-0.15, -0.1) is 0 Å². The van der Waals surface area contributed by atoms with Gasteiger partial charge in [0, 0.05) is 15.1 Å². The van der Waals surface area contributed by atoms with Crippen molar-refractivity contribution in [3.63, 3.8) is 0 Å². The van der Waals surface area contributed by atoms with Crippen molar-refractivity contribution >= 4 is 32.3 Å². The summed E-state index contributed by atoms with van der Waals surface area (Å²) in [7, 11) is 0. The van der Waals surface area contributed by atoms with Crippen molar-refractivity contribution < 1.29 is 0 Å². The van der Waals surface area contributed by atoms with Gasteiger partial charge in [-0.25, -0.2) is 4.99 Å². The fourth-order valence-corrected chi connectivity index (χ4v) is 3.05. The number of nitrogens with zero attached hydrogens (tertiary/aromatic N) is 1. The monoisotopic (exact) mass is 295 g/mol. The third kappa shape index (κ3) is 1.36. The average molecular weight is 296 g/mol. The first kappa shape index (κ1) is 10.3. The second-order valence-corrected chi connectivity index (χ2v) is 5.51. The van der Waals surface area contributed by atoms with Crippen molar-refractivity contribution in [2.24, 2.45) is 4.99 Å². The topological polar surface area (TPSA) is 12.4 Å². The molecule has 1 aliphatic carbocycles. The summed E-state index contributed by atoms with van der Waals surface area (Å²) >= 11 is 3.53. The van der Waals surface area contributed by atoms with Crippen molar-refractivity contribution in [2.45, 2.75) is 6.42 Å². The zero-order valence-corrected chi connectivity index (χ0v) is 11.2. The van der Waals surface area contributed by atoms with E-state index in [1.807, 2.05) is 0 Å². The minimum Gasteiger partial charge on any atom is -0.247 e. The van der Waals surface area contributed by atoms with E-state index in [1.165, 1.54) is 21.6 Å². The molecule has 0 saturated heterocycles. The van der Waals surface area contributed by atoms with Gasteiger partial charge in [0.15, 0.2) is 0 Å². The van der Waals surface area contributed by atoms with Crippen molar-refractivity contribution in [1.29, 1.82) is 0 Å². The van der Waals surface area contributed by atoms with Gasteiger partial charge >= 0.3 is 0 Å². The van der Waals surface area contributed by atoms with Crippen LogP contribution in [0.2, 0.25) is 0 Å². The lowest BCUT2D eigenvalue weighted by Crippen LogP contribution is -2.23. The Morgan fingerprint density at radius 2 is 1.94 bits per heavy atom. The largest absolute Gasteiger partial charge is 0.247 e. The van der Waals surface area contributed by atoms with E-state index < -0.39 is 0 Å². The molecule has 2 heteroatoms. The van der Waals surface area contributed by atoms with Gasteiger partial charge in [-0.2, -0.15) is 0 Å². The van der Waals surface area contributed by atoms with Crippen LogP contribution in [0.4, 0.5) is 0 Å². The van der Waals surface area contributed by atoms with E-state index in [2.05, 4.69) is 64.5 Å². The number of halogens is 1. The molecule has 0 aromatic heterocycles. The van der Waals surface area contributed by atoms with E-state index in [-0.39, 0.29) is 0 Å². The molecule has 1 aliphatic heterocycles. The molecule has 0 N–H and O–H groups in total. The quantitative estimate of drug-likeness (QED) is 0.708. The maximum Gasteiger partial charge on any atom is 0.0791 e. The van der Waals surface area contributed by atoms with Crippen LogP contribution in [-0.2, 0) is 0 Å². The van der Waals surface area contributed by atoms with Crippen molar-refractivity contribution in [3.8, 4) is 0 Å². The third-order valence-corrected chi connectivity index (χ3v) is 4.10. The molecule has 2 aromatic rings. The standard InChI is InChI=1S/C16H10BrN/c17-11-6-8-13-14-7-5-10-3-1-2-4-12(10)16(14)18-15(13)9-11/h1-7,9H,8H2. The maximum atomic E-state index is 4.81. The minimum atomic E-state index is 0.960. The fourth-order valence-electron chi connectivity index (χ4n) is 2.67. The van der Waals surface area contributed by atoms with E-state index in [4.69, 9.17) is 4.99 Å². The number of rotatable bonds is 0. The second-order valence-electron chi connectivity index (χ2n) is 4.60. The van der Waals surface area contributed by atoms with Gasteiger partial charge in [0.05, 0.1) is 11.1 Å². The summed E-state index contributed by atoms with van der Waals surface area (Å²) in [5.41, 5.74) is 2.45. The van der Waals surface area contributed by atoms with Crippen LogP contribution in [0.1, 0.15) is 6.42 Å². The van der Waals surface area contributed by atoms with Crippen LogP contribution in [0.25, 0.3) is 16.3 Å². The SMILES string of the molecule is BrC1=CCC2=c3ccc4ccccc4c3=NC2=C1. The van der Waals surface area contributed by atoms with Crippen molar-refractivity contribution in [3.05, 3.63) is 69.3 Å². The van der Waals surface area contributed by atoms with E-state index in [0.717, 1.165) is 22.0 Å². The smallest absolute Gasteiger partial charge is 0.0791 e. The van der Waals surface area contributed by atoms with Gasteiger partial charge in [-0.1, -0.05) is 58.4 Å². The summed E-state index contributed by atoms with van der Waals surface area (Å²) in [5, 5.41) is 4.92. The average Bonchev–Trinajstić information content (AvgIpc) is 2.76. The number of allylic oxidation sites excluding steroid dienone is 4. The second kappa shape index (κ2) is 3.66. The zero-order chi connectivity index (χ0) is 12.1. The highest BCUT2D eigenvalue weighted by Crippen LogP contribution is 2.28. The van der Waals surface area contributed by atoms with Crippen LogP contribution in [0.3, 0.4) is 0 Å². The molecule has 0 fully saturated rings. The first-order valence-electron chi connectivity index (χ1n) is 6.00. The molecule has 0 saturated carbocycles. The van der Waals surface area contributed by atoms with Crippen LogP contribution in [0.15, 0.2) is 63.7 Å². The highest BCUT2D eigenvalue weighted by Gasteiger charge is 2.16. The molecule has 18 heavy (non-hydrogen) atoms. The molecular weight excluding hydrogens is 286 g/mol. The molecular formula is C16H10BrN. The molecule has 86 valence electrons. The summed E-state index contributed by atoms with van der Waals surface area (Å²) in [5.74, 6) is 0. The van der Waals surface area contributed by atoms with E-state index in [0.29, 0.717) is 0 Å². The summed E-state index contributed by atoms with van der Waals surface area (Å²) in [6.07, 6.45) is 5.26. The Labute approximate surface area is 113 Å².